The Morgan fingerprint density at radius 3 is 3.04 bits per heavy atom. The smallest absolute Gasteiger partial charge is 0.250 e. The van der Waals surface area contributed by atoms with Crippen LogP contribution in [0.5, 0.6) is 0 Å². The second-order valence-electron chi connectivity index (χ2n) is 6.07. The lowest BCUT2D eigenvalue weighted by molar-refractivity contribution is -0.118. The highest BCUT2D eigenvalue weighted by Gasteiger charge is 2.18. The first-order valence-corrected chi connectivity index (χ1v) is 10.1. The number of carbonyl (C=O) groups is 2. The Balaban J connectivity index is 1.35. The molecule has 2 amide bonds. The summed E-state index contributed by atoms with van der Waals surface area (Å²) in [4.78, 5) is 28.0. The van der Waals surface area contributed by atoms with Gasteiger partial charge >= 0.3 is 0 Å². The van der Waals surface area contributed by atoms with Crippen molar-refractivity contribution in [2.45, 2.75) is 17.7 Å². The molecule has 0 atom stereocenters. The zero-order valence-corrected chi connectivity index (χ0v) is 16.1. The number of para-hydroxylation sites is 1. The summed E-state index contributed by atoms with van der Waals surface area (Å²) in [7, 11) is 0. The third-order valence-corrected chi connectivity index (χ3v) is 6.28. The topological polar surface area (TPSA) is 83.5 Å². The summed E-state index contributed by atoms with van der Waals surface area (Å²) < 4.78 is 1.97. The molecule has 0 unspecified atom stereocenters. The van der Waals surface area contributed by atoms with Crippen LogP contribution in [0.15, 0.2) is 51.9 Å². The van der Waals surface area contributed by atoms with E-state index in [1.165, 1.54) is 11.8 Å². The van der Waals surface area contributed by atoms with Crippen LogP contribution in [0.4, 0.5) is 5.69 Å². The fourth-order valence-corrected chi connectivity index (χ4v) is 4.60. The van der Waals surface area contributed by atoms with Gasteiger partial charge in [-0.15, -0.1) is 11.3 Å². The van der Waals surface area contributed by atoms with E-state index in [0.717, 1.165) is 31.4 Å². The van der Waals surface area contributed by atoms with Crippen molar-refractivity contribution in [2.24, 2.45) is 5.10 Å². The van der Waals surface area contributed by atoms with E-state index < -0.39 is 0 Å². The van der Waals surface area contributed by atoms with Crippen molar-refractivity contribution in [1.29, 1.82) is 0 Å². The van der Waals surface area contributed by atoms with Crippen LogP contribution in [0, 0.1) is 0 Å². The molecule has 8 heteroatoms. The van der Waals surface area contributed by atoms with Crippen LogP contribution < -0.4 is 10.7 Å². The summed E-state index contributed by atoms with van der Waals surface area (Å²) in [6, 6.07) is 13.6. The summed E-state index contributed by atoms with van der Waals surface area (Å²) in [5.41, 5.74) is 6.89. The Bertz CT molecular complexity index is 1040. The van der Waals surface area contributed by atoms with E-state index in [4.69, 9.17) is 0 Å². The molecule has 3 aromatic rings. The number of fused-ring (bicyclic) bond motifs is 2. The van der Waals surface area contributed by atoms with Crippen LogP contribution in [0.2, 0.25) is 0 Å². The van der Waals surface area contributed by atoms with Gasteiger partial charge in [0.05, 0.1) is 28.1 Å². The van der Waals surface area contributed by atoms with E-state index in [1.807, 2.05) is 49.4 Å². The number of amides is 2. The van der Waals surface area contributed by atoms with E-state index in [9.17, 15) is 9.59 Å². The van der Waals surface area contributed by atoms with Gasteiger partial charge in [-0.2, -0.15) is 5.10 Å². The Kier molecular flexibility index (Phi) is 4.91. The monoisotopic (exact) mass is 396 g/mol. The van der Waals surface area contributed by atoms with E-state index in [1.54, 1.807) is 11.3 Å². The van der Waals surface area contributed by atoms with E-state index in [0.29, 0.717) is 12.1 Å². The third kappa shape index (κ3) is 4.01. The maximum absolute atomic E-state index is 12.1. The number of nitrogens with zero attached hydrogens (tertiary/aromatic N) is 2. The fourth-order valence-electron chi connectivity index (χ4n) is 2.74. The number of benzene rings is 2. The normalized spacial score (nSPS) is 13.5. The van der Waals surface area contributed by atoms with Crippen LogP contribution in [-0.2, 0) is 16.0 Å². The van der Waals surface area contributed by atoms with Crippen molar-refractivity contribution in [3.8, 4) is 0 Å². The molecule has 0 radical (unpaired) electrons. The van der Waals surface area contributed by atoms with Gasteiger partial charge in [-0.1, -0.05) is 30.0 Å². The maximum Gasteiger partial charge on any atom is 0.250 e. The summed E-state index contributed by atoms with van der Waals surface area (Å²) >= 11 is 2.97. The van der Waals surface area contributed by atoms with Gasteiger partial charge in [-0.3, -0.25) is 9.59 Å². The summed E-state index contributed by atoms with van der Waals surface area (Å²) in [6.45, 7) is 1.83. The van der Waals surface area contributed by atoms with Gasteiger partial charge in [-0.25, -0.2) is 10.4 Å². The van der Waals surface area contributed by atoms with Gasteiger partial charge in [0.2, 0.25) is 5.91 Å². The van der Waals surface area contributed by atoms with Crippen LogP contribution in [0.3, 0.4) is 0 Å². The predicted octanol–water partition coefficient (Wildman–Crippen LogP) is 3.42. The molecule has 0 spiro atoms. The molecule has 2 N–H and O–H groups in total. The minimum Gasteiger partial charge on any atom is -0.326 e. The van der Waals surface area contributed by atoms with Crippen molar-refractivity contribution in [2.75, 3.05) is 11.1 Å². The molecule has 0 saturated heterocycles. The predicted molar refractivity (Wildman–Crippen MR) is 109 cm³/mol. The molecule has 4 rings (SSSR count). The van der Waals surface area contributed by atoms with Gasteiger partial charge in [0.1, 0.15) is 0 Å². The molecule has 1 aromatic heterocycles. The van der Waals surface area contributed by atoms with E-state index >= 15 is 0 Å². The maximum atomic E-state index is 12.1. The molecule has 2 aromatic carbocycles. The number of thiazole rings is 1. The second kappa shape index (κ2) is 7.50. The SMILES string of the molecule is CC(=NNC(=O)CSc1nc2ccccc2s1)c1ccc2c(c1)CC(=O)N2. The molecule has 6 nitrogen and oxygen atoms in total. The molecular formula is C19H16N4O2S2. The van der Waals surface area contributed by atoms with Crippen LogP contribution >= 0.6 is 23.1 Å². The van der Waals surface area contributed by atoms with Gasteiger partial charge in [0.25, 0.3) is 5.91 Å². The van der Waals surface area contributed by atoms with Crippen molar-refractivity contribution >= 4 is 56.5 Å². The number of hydrogen-bond donors (Lipinski definition) is 2. The number of hydrazone groups is 1. The average molecular weight is 396 g/mol. The zero-order chi connectivity index (χ0) is 18.8. The Labute approximate surface area is 164 Å². The molecule has 0 fully saturated rings. The molecule has 2 heterocycles. The first-order valence-electron chi connectivity index (χ1n) is 8.33. The average Bonchev–Trinajstić information content (AvgIpc) is 3.25. The fraction of sp³-hybridized carbons (Fsp3) is 0.158. The van der Waals surface area contributed by atoms with Gasteiger partial charge in [0, 0.05) is 5.69 Å². The molecule has 27 heavy (non-hydrogen) atoms. The molecule has 0 bridgehead atoms. The van der Waals surface area contributed by atoms with Crippen molar-refractivity contribution in [3.63, 3.8) is 0 Å². The first-order chi connectivity index (χ1) is 13.1. The number of nitrogens with one attached hydrogen (secondary N) is 2. The molecule has 0 aliphatic carbocycles. The lowest BCUT2D eigenvalue weighted by atomic mass is 10.1. The zero-order valence-electron chi connectivity index (χ0n) is 14.5. The number of rotatable bonds is 5. The second-order valence-corrected chi connectivity index (χ2v) is 8.32. The van der Waals surface area contributed by atoms with Crippen molar-refractivity contribution in [1.82, 2.24) is 10.4 Å². The Morgan fingerprint density at radius 2 is 2.19 bits per heavy atom. The molecule has 1 aliphatic heterocycles. The highest BCUT2D eigenvalue weighted by Crippen LogP contribution is 2.29. The molecule has 0 saturated carbocycles. The molecular weight excluding hydrogens is 380 g/mol. The number of thioether (sulfide) groups is 1. The minimum absolute atomic E-state index is 0.00285. The van der Waals surface area contributed by atoms with Crippen LogP contribution in [0.1, 0.15) is 18.1 Å². The van der Waals surface area contributed by atoms with Crippen LogP contribution in [0.25, 0.3) is 10.2 Å². The quantitative estimate of drug-likeness (QED) is 0.393. The largest absolute Gasteiger partial charge is 0.326 e. The Hall–Kier alpha value is -2.71. The molecule has 136 valence electrons. The van der Waals surface area contributed by atoms with E-state index in [-0.39, 0.29) is 17.6 Å². The number of aromatic nitrogens is 1. The van der Waals surface area contributed by atoms with Gasteiger partial charge < -0.3 is 5.32 Å². The number of hydrogen-bond acceptors (Lipinski definition) is 6. The lowest BCUT2D eigenvalue weighted by Gasteiger charge is -2.05. The summed E-state index contributed by atoms with van der Waals surface area (Å²) in [6.07, 6.45) is 0.377. The summed E-state index contributed by atoms with van der Waals surface area (Å²) in [5, 5.41) is 6.97. The highest BCUT2D eigenvalue weighted by molar-refractivity contribution is 8.01. The molecule has 1 aliphatic rings. The highest BCUT2D eigenvalue weighted by atomic mass is 32.2. The summed E-state index contributed by atoms with van der Waals surface area (Å²) in [5.74, 6) is 0.0627. The van der Waals surface area contributed by atoms with Gasteiger partial charge in [-0.05, 0) is 42.3 Å². The van der Waals surface area contributed by atoms with Crippen LogP contribution in [-0.4, -0.2) is 28.3 Å². The standard InChI is InChI=1S/C19H16N4O2S2/c1-11(12-6-7-14-13(8-12)9-17(24)20-14)22-23-18(25)10-26-19-21-15-4-2-3-5-16(15)27-19/h2-8H,9-10H2,1H3,(H,20,24)(H,23,25). The van der Waals surface area contributed by atoms with Gasteiger partial charge in [0.15, 0.2) is 4.34 Å². The van der Waals surface area contributed by atoms with Crippen molar-refractivity contribution in [3.05, 3.63) is 53.6 Å². The Morgan fingerprint density at radius 1 is 1.33 bits per heavy atom. The first kappa shape index (κ1) is 17.7. The minimum atomic E-state index is -0.184. The van der Waals surface area contributed by atoms with E-state index in [2.05, 4.69) is 20.8 Å². The third-order valence-electron chi connectivity index (χ3n) is 4.10. The lowest BCUT2D eigenvalue weighted by Crippen LogP contribution is -2.21. The number of anilines is 1. The van der Waals surface area contributed by atoms with Crippen molar-refractivity contribution < 1.29 is 9.59 Å². The number of carbonyl (C=O) groups excluding carboxylic acids is 2.